The topological polar surface area (TPSA) is 39.2 Å². The van der Waals surface area contributed by atoms with Gasteiger partial charge < -0.3 is 4.74 Å². The van der Waals surface area contributed by atoms with Crippen molar-refractivity contribution in [3.8, 4) is 5.19 Å². The highest BCUT2D eigenvalue weighted by Gasteiger charge is 2.08. The van der Waals surface area contributed by atoms with Crippen LogP contribution in [0.1, 0.15) is 29.9 Å². The largest absolute Gasteiger partial charge is 0.470 e. The number of ether oxygens (including phenoxy) is 1. The summed E-state index contributed by atoms with van der Waals surface area (Å²) in [7, 11) is 0. The quantitative estimate of drug-likeness (QED) is 0.674. The van der Waals surface area contributed by atoms with Crippen LogP contribution in [-0.2, 0) is 0 Å². The number of carbonyl (C=O) groups is 1. The van der Waals surface area contributed by atoms with Gasteiger partial charge >= 0.3 is 0 Å². The normalized spacial score (nSPS) is 9.83. The van der Waals surface area contributed by atoms with Crippen LogP contribution in [0.2, 0.25) is 0 Å². The molecule has 0 aliphatic carbocycles. The van der Waals surface area contributed by atoms with Crippen LogP contribution in [0.3, 0.4) is 0 Å². The van der Waals surface area contributed by atoms with Crippen LogP contribution in [0.4, 0.5) is 0 Å². The van der Waals surface area contributed by atoms with Gasteiger partial charge in [-0.25, -0.2) is 4.98 Å². The highest BCUT2D eigenvalue weighted by atomic mass is 32.1. The molecule has 0 N–H and O–H groups in total. The van der Waals surface area contributed by atoms with E-state index in [0.29, 0.717) is 23.1 Å². The van der Waals surface area contributed by atoms with E-state index in [2.05, 4.69) is 4.98 Å². The lowest BCUT2D eigenvalue weighted by atomic mass is 10.3. The first-order valence-corrected chi connectivity index (χ1v) is 4.71. The van der Waals surface area contributed by atoms with Crippen LogP contribution in [-0.4, -0.2) is 17.4 Å². The zero-order chi connectivity index (χ0) is 8.97. The summed E-state index contributed by atoms with van der Waals surface area (Å²) >= 11 is 1.31. The monoisotopic (exact) mass is 185 g/mol. The van der Waals surface area contributed by atoms with Gasteiger partial charge in [0, 0.05) is 6.42 Å². The summed E-state index contributed by atoms with van der Waals surface area (Å²) in [6, 6.07) is 0. The molecule has 0 fully saturated rings. The van der Waals surface area contributed by atoms with Gasteiger partial charge in [0.25, 0.3) is 5.19 Å². The number of aromatic nitrogens is 1. The van der Waals surface area contributed by atoms with Gasteiger partial charge in [-0.3, -0.25) is 4.79 Å². The first-order chi connectivity index (χ1) is 5.77. The van der Waals surface area contributed by atoms with Gasteiger partial charge in [-0.05, 0) is 6.92 Å². The molecule has 1 aromatic heterocycles. The third-order valence-electron chi connectivity index (χ3n) is 1.35. The van der Waals surface area contributed by atoms with Crippen LogP contribution in [0.25, 0.3) is 0 Å². The number of hydrogen-bond donors (Lipinski definition) is 0. The van der Waals surface area contributed by atoms with E-state index >= 15 is 0 Å². The van der Waals surface area contributed by atoms with E-state index < -0.39 is 0 Å². The van der Waals surface area contributed by atoms with Crippen LogP contribution < -0.4 is 4.74 Å². The van der Waals surface area contributed by atoms with Crippen molar-refractivity contribution in [3.63, 3.8) is 0 Å². The molecule has 0 atom stereocenters. The molecule has 1 aromatic rings. The van der Waals surface area contributed by atoms with E-state index in [1.54, 1.807) is 6.20 Å². The fourth-order valence-electron chi connectivity index (χ4n) is 0.751. The first-order valence-electron chi connectivity index (χ1n) is 3.89. The maximum absolute atomic E-state index is 11.1. The predicted molar refractivity (Wildman–Crippen MR) is 47.9 cm³/mol. The zero-order valence-electron chi connectivity index (χ0n) is 7.16. The maximum atomic E-state index is 11.1. The van der Waals surface area contributed by atoms with Gasteiger partial charge in [0.15, 0.2) is 5.78 Å². The van der Waals surface area contributed by atoms with E-state index in [0.717, 1.165) is 0 Å². The summed E-state index contributed by atoms with van der Waals surface area (Å²) < 4.78 is 5.14. The van der Waals surface area contributed by atoms with E-state index in [1.807, 2.05) is 13.8 Å². The molecule has 0 spiro atoms. The first kappa shape index (κ1) is 9.19. The fraction of sp³-hybridized carbons (Fsp3) is 0.500. The van der Waals surface area contributed by atoms with E-state index in [4.69, 9.17) is 4.74 Å². The van der Waals surface area contributed by atoms with Gasteiger partial charge in [0.1, 0.15) is 0 Å². The van der Waals surface area contributed by atoms with Crippen molar-refractivity contribution in [3.05, 3.63) is 11.1 Å². The molecule has 0 aliphatic rings. The summed E-state index contributed by atoms with van der Waals surface area (Å²) in [4.78, 5) is 15.8. The van der Waals surface area contributed by atoms with Crippen molar-refractivity contribution in [2.45, 2.75) is 20.3 Å². The van der Waals surface area contributed by atoms with Gasteiger partial charge in [-0.1, -0.05) is 18.3 Å². The number of ketones is 1. The SMILES string of the molecule is CCOc1ncc(C(=O)CC)s1. The third-order valence-corrected chi connectivity index (χ3v) is 2.30. The predicted octanol–water partition coefficient (Wildman–Crippen LogP) is 2.13. The van der Waals surface area contributed by atoms with Crippen molar-refractivity contribution in [1.82, 2.24) is 4.98 Å². The molecule has 4 heteroatoms. The second-order valence-electron chi connectivity index (χ2n) is 2.20. The summed E-state index contributed by atoms with van der Waals surface area (Å²) in [5, 5.41) is 0.578. The molecule has 0 bridgehead atoms. The average Bonchev–Trinajstić information content (AvgIpc) is 2.52. The minimum absolute atomic E-state index is 0.124. The Hall–Kier alpha value is -0.900. The average molecular weight is 185 g/mol. The Kier molecular flexibility index (Phi) is 3.22. The molecule has 66 valence electrons. The highest BCUT2D eigenvalue weighted by molar-refractivity contribution is 7.15. The molecule has 3 nitrogen and oxygen atoms in total. The molecule has 0 aromatic carbocycles. The Balaban J connectivity index is 2.70. The number of hydrogen-bond acceptors (Lipinski definition) is 4. The molecular weight excluding hydrogens is 174 g/mol. The van der Waals surface area contributed by atoms with Gasteiger partial charge in [-0.2, -0.15) is 0 Å². The summed E-state index contributed by atoms with van der Waals surface area (Å²) in [6.07, 6.45) is 2.09. The molecule has 12 heavy (non-hydrogen) atoms. The lowest BCUT2D eigenvalue weighted by molar-refractivity contribution is 0.0992. The smallest absolute Gasteiger partial charge is 0.273 e. The number of Topliss-reactive ketones (excluding diaryl/α,β-unsaturated/α-hetero) is 1. The van der Waals surface area contributed by atoms with Crippen molar-refractivity contribution in [2.75, 3.05) is 6.61 Å². The minimum atomic E-state index is 0.124. The van der Waals surface area contributed by atoms with E-state index in [9.17, 15) is 4.79 Å². The Morgan fingerprint density at radius 2 is 2.42 bits per heavy atom. The zero-order valence-corrected chi connectivity index (χ0v) is 7.98. The van der Waals surface area contributed by atoms with E-state index in [-0.39, 0.29) is 5.78 Å². The number of nitrogens with zero attached hydrogens (tertiary/aromatic N) is 1. The lowest BCUT2D eigenvalue weighted by Crippen LogP contribution is -1.90. The van der Waals surface area contributed by atoms with Gasteiger partial charge in [0.05, 0.1) is 17.7 Å². The van der Waals surface area contributed by atoms with Crippen LogP contribution in [0.15, 0.2) is 6.20 Å². The Morgan fingerprint density at radius 3 is 3.00 bits per heavy atom. The van der Waals surface area contributed by atoms with Crippen molar-refractivity contribution >= 4 is 17.1 Å². The van der Waals surface area contributed by atoms with Crippen molar-refractivity contribution in [2.24, 2.45) is 0 Å². The Labute approximate surface area is 75.4 Å². The second kappa shape index (κ2) is 4.21. The molecule has 0 aliphatic heterocycles. The number of carbonyl (C=O) groups excluding carboxylic acids is 1. The highest BCUT2D eigenvalue weighted by Crippen LogP contribution is 2.21. The molecule has 0 radical (unpaired) electrons. The molecule has 0 amide bonds. The summed E-state index contributed by atoms with van der Waals surface area (Å²) in [5.74, 6) is 0.124. The van der Waals surface area contributed by atoms with Crippen LogP contribution >= 0.6 is 11.3 Å². The van der Waals surface area contributed by atoms with E-state index in [1.165, 1.54) is 11.3 Å². The van der Waals surface area contributed by atoms with Crippen LogP contribution in [0, 0.1) is 0 Å². The third kappa shape index (κ3) is 2.04. The molecule has 1 heterocycles. The lowest BCUT2D eigenvalue weighted by Gasteiger charge is -1.93. The fourth-order valence-corrected chi connectivity index (χ4v) is 1.59. The molecule has 0 saturated heterocycles. The van der Waals surface area contributed by atoms with Crippen molar-refractivity contribution in [1.29, 1.82) is 0 Å². The Bertz CT molecular complexity index is 270. The van der Waals surface area contributed by atoms with Crippen LogP contribution in [0.5, 0.6) is 5.19 Å². The minimum Gasteiger partial charge on any atom is -0.470 e. The molecular formula is C8H11NO2S. The molecule has 0 unspecified atom stereocenters. The standard InChI is InChI=1S/C8H11NO2S/c1-3-6(10)7-5-9-8(12-7)11-4-2/h5H,3-4H2,1-2H3. The number of thiazole rings is 1. The summed E-state index contributed by atoms with van der Waals surface area (Å²) in [6.45, 7) is 4.32. The summed E-state index contributed by atoms with van der Waals surface area (Å²) in [5.41, 5.74) is 0. The molecule has 1 rings (SSSR count). The van der Waals surface area contributed by atoms with Gasteiger partial charge in [-0.15, -0.1) is 0 Å². The molecule has 0 saturated carbocycles. The Morgan fingerprint density at radius 1 is 1.67 bits per heavy atom. The van der Waals surface area contributed by atoms with Gasteiger partial charge in [0.2, 0.25) is 0 Å². The number of rotatable bonds is 4. The van der Waals surface area contributed by atoms with Crippen molar-refractivity contribution < 1.29 is 9.53 Å². The second-order valence-corrected chi connectivity index (χ2v) is 3.19. The maximum Gasteiger partial charge on any atom is 0.273 e.